The lowest BCUT2D eigenvalue weighted by Gasteiger charge is -2.06. The monoisotopic (exact) mass is 236 g/mol. The number of hydrogen-bond acceptors (Lipinski definition) is 4. The quantitative estimate of drug-likeness (QED) is 0.634. The van der Waals surface area contributed by atoms with Crippen LogP contribution in [-0.4, -0.2) is 20.1 Å². The van der Waals surface area contributed by atoms with Crippen LogP contribution in [0.15, 0.2) is 18.2 Å². The van der Waals surface area contributed by atoms with E-state index >= 15 is 0 Å². The van der Waals surface area contributed by atoms with Gasteiger partial charge in [-0.25, -0.2) is 0 Å². The van der Waals surface area contributed by atoms with Gasteiger partial charge in [0.2, 0.25) is 0 Å². The summed E-state index contributed by atoms with van der Waals surface area (Å²) in [4.78, 5) is 0.755. The predicted octanol–water partition coefficient (Wildman–Crippen LogP) is 2.20. The fourth-order valence-corrected chi connectivity index (χ4v) is 2.43. The zero-order valence-electron chi connectivity index (χ0n) is 9.03. The van der Waals surface area contributed by atoms with Crippen molar-refractivity contribution in [3.8, 4) is 11.5 Å². The van der Waals surface area contributed by atoms with E-state index in [1.165, 1.54) is 11.3 Å². The molecule has 2 aromatic rings. The lowest BCUT2D eigenvalue weighted by atomic mass is 10.2. The van der Waals surface area contributed by atoms with E-state index in [9.17, 15) is 0 Å². The fraction of sp³-hybridized carbons (Fsp3) is 0.182. The fourth-order valence-electron chi connectivity index (χ4n) is 1.50. The van der Waals surface area contributed by atoms with Crippen LogP contribution in [0.4, 0.5) is 0 Å². The molecule has 0 aliphatic heterocycles. The summed E-state index contributed by atoms with van der Waals surface area (Å²) in [6, 6.07) is 5.66. The van der Waals surface area contributed by atoms with Gasteiger partial charge in [-0.2, -0.15) is 0 Å². The average Bonchev–Trinajstić information content (AvgIpc) is 2.69. The summed E-state index contributed by atoms with van der Waals surface area (Å²) in [5.41, 5.74) is 5.45. The normalized spacial score (nSPS) is 10.4. The van der Waals surface area contributed by atoms with Crippen molar-refractivity contribution in [3.05, 3.63) is 23.1 Å². The molecule has 2 rings (SSSR count). The molecule has 1 aromatic carbocycles. The molecule has 0 amide bonds. The zero-order valence-corrected chi connectivity index (χ0v) is 9.85. The molecule has 0 aliphatic rings. The molecule has 1 heterocycles. The minimum absolute atomic E-state index is 0.0825. The summed E-state index contributed by atoms with van der Waals surface area (Å²) < 4.78 is 11.4. The molecular weight excluding hydrogens is 224 g/mol. The van der Waals surface area contributed by atoms with Crippen molar-refractivity contribution in [1.82, 2.24) is 0 Å². The third-order valence-electron chi connectivity index (χ3n) is 2.29. The van der Waals surface area contributed by atoms with E-state index in [0.29, 0.717) is 11.5 Å². The maximum atomic E-state index is 7.39. The van der Waals surface area contributed by atoms with Crippen molar-refractivity contribution in [2.24, 2.45) is 5.73 Å². The van der Waals surface area contributed by atoms with Crippen LogP contribution >= 0.6 is 11.3 Å². The van der Waals surface area contributed by atoms with Gasteiger partial charge in [0.15, 0.2) is 11.5 Å². The molecular formula is C11H12N2O2S. The lowest BCUT2D eigenvalue weighted by Crippen LogP contribution is -2.08. The Morgan fingerprint density at radius 1 is 1.19 bits per heavy atom. The number of amidine groups is 1. The molecule has 0 unspecified atom stereocenters. The van der Waals surface area contributed by atoms with Gasteiger partial charge in [-0.1, -0.05) is 0 Å². The van der Waals surface area contributed by atoms with E-state index in [4.69, 9.17) is 20.6 Å². The van der Waals surface area contributed by atoms with Gasteiger partial charge in [-0.3, -0.25) is 5.41 Å². The van der Waals surface area contributed by atoms with Crippen molar-refractivity contribution in [1.29, 1.82) is 5.41 Å². The van der Waals surface area contributed by atoms with Crippen molar-refractivity contribution in [3.63, 3.8) is 0 Å². The topological polar surface area (TPSA) is 68.3 Å². The van der Waals surface area contributed by atoms with Crippen LogP contribution in [-0.2, 0) is 0 Å². The molecule has 4 nitrogen and oxygen atoms in total. The van der Waals surface area contributed by atoms with Crippen molar-refractivity contribution in [2.75, 3.05) is 14.2 Å². The van der Waals surface area contributed by atoms with E-state index in [-0.39, 0.29) is 5.84 Å². The lowest BCUT2D eigenvalue weighted by molar-refractivity contribution is 0.356. The molecule has 84 valence electrons. The van der Waals surface area contributed by atoms with E-state index in [0.717, 1.165) is 15.0 Å². The van der Waals surface area contributed by atoms with Crippen LogP contribution < -0.4 is 15.2 Å². The maximum Gasteiger partial charge on any atom is 0.162 e. The first kappa shape index (κ1) is 10.8. The Morgan fingerprint density at radius 3 is 2.38 bits per heavy atom. The summed E-state index contributed by atoms with van der Waals surface area (Å²) in [5.74, 6) is 1.45. The number of nitrogens with two attached hydrogens (primary N) is 1. The zero-order chi connectivity index (χ0) is 11.7. The molecule has 3 N–H and O–H groups in total. The predicted molar refractivity (Wildman–Crippen MR) is 65.9 cm³/mol. The van der Waals surface area contributed by atoms with Gasteiger partial charge >= 0.3 is 0 Å². The van der Waals surface area contributed by atoms with E-state index in [1.807, 2.05) is 18.2 Å². The first-order valence-corrected chi connectivity index (χ1v) is 5.47. The highest BCUT2D eigenvalue weighted by molar-refractivity contribution is 7.20. The smallest absolute Gasteiger partial charge is 0.162 e. The first-order valence-electron chi connectivity index (χ1n) is 4.65. The Bertz CT molecular complexity index is 507. The Kier molecular flexibility index (Phi) is 2.70. The van der Waals surface area contributed by atoms with Gasteiger partial charge in [0.25, 0.3) is 0 Å². The first-order chi connectivity index (χ1) is 7.65. The van der Waals surface area contributed by atoms with Crippen LogP contribution in [0, 0.1) is 5.41 Å². The van der Waals surface area contributed by atoms with Crippen molar-refractivity contribution in [2.45, 2.75) is 0 Å². The number of ether oxygens (including phenoxy) is 2. The molecule has 0 radical (unpaired) electrons. The van der Waals surface area contributed by atoms with Gasteiger partial charge in [0, 0.05) is 10.8 Å². The van der Waals surface area contributed by atoms with Gasteiger partial charge in [0.05, 0.1) is 19.1 Å². The number of thiophene rings is 1. The van der Waals surface area contributed by atoms with Crippen molar-refractivity contribution >= 4 is 27.3 Å². The molecule has 0 aliphatic carbocycles. The minimum atomic E-state index is 0.0825. The second-order valence-corrected chi connectivity index (χ2v) is 4.35. The Balaban J connectivity index is 2.64. The SMILES string of the molecule is COc1cc2cc(C(=N)N)sc2cc1OC. The molecule has 0 saturated heterocycles. The number of fused-ring (bicyclic) bond motifs is 1. The molecule has 0 atom stereocenters. The van der Waals surface area contributed by atoms with Crippen LogP contribution in [0.25, 0.3) is 10.1 Å². The van der Waals surface area contributed by atoms with E-state index < -0.39 is 0 Å². The van der Waals surface area contributed by atoms with E-state index in [2.05, 4.69) is 0 Å². The standard InChI is InChI=1S/C11H12N2O2S/c1-14-7-3-6-4-10(11(12)13)16-9(6)5-8(7)15-2/h3-5H,1-2H3,(H3,12,13). The Labute approximate surface area is 97.1 Å². The molecule has 0 bridgehead atoms. The highest BCUT2D eigenvalue weighted by Gasteiger charge is 2.09. The van der Waals surface area contributed by atoms with Gasteiger partial charge in [0.1, 0.15) is 5.84 Å². The molecule has 1 aromatic heterocycles. The molecule has 0 spiro atoms. The largest absolute Gasteiger partial charge is 0.493 e. The Morgan fingerprint density at radius 2 is 1.81 bits per heavy atom. The third kappa shape index (κ3) is 1.69. The maximum absolute atomic E-state index is 7.39. The van der Waals surface area contributed by atoms with Crippen LogP contribution in [0.3, 0.4) is 0 Å². The van der Waals surface area contributed by atoms with Crippen LogP contribution in [0.1, 0.15) is 4.88 Å². The molecule has 0 fully saturated rings. The van der Waals surface area contributed by atoms with Gasteiger partial charge in [-0.15, -0.1) is 11.3 Å². The number of methoxy groups -OCH3 is 2. The second kappa shape index (κ2) is 4.02. The minimum Gasteiger partial charge on any atom is -0.493 e. The molecule has 16 heavy (non-hydrogen) atoms. The highest BCUT2D eigenvalue weighted by atomic mass is 32.1. The summed E-state index contributed by atoms with van der Waals surface area (Å²) in [6.45, 7) is 0. The van der Waals surface area contributed by atoms with E-state index in [1.54, 1.807) is 14.2 Å². The van der Waals surface area contributed by atoms with Crippen molar-refractivity contribution < 1.29 is 9.47 Å². The van der Waals surface area contributed by atoms with Crippen LogP contribution in [0.2, 0.25) is 0 Å². The Hall–Kier alpha value is -1.75. The van der Waals surface area contributed by atoms with Gasteiger partial charge in [-0.05, 0) is 17.5 Å². The number of nitrogen functional groups attached to an aromatic ring is 1. The number of benzene rings is 1. The summed E-state index contributed by atoms with van der Waals surface area (Å²) in [7, 11) is 3.20. The summed E-state index contributed by atoms with van der Waals surface area (Å²) in [5, 5.41) is 8.40. The summed E-state index contributed by atoms with van der Waals surface area (Å²) in [6.07, 6.45) is 0. The second-order valence-electron chi connectivity index (χ2n) is 3.27. The molecule has 0 saturated carbocycles. The summed E-state index contributed by atoms with van der Waals surface area (Å²) >= 11 is 1.47. The average molecular weight is 236 g/mol. The third-order valence-corrected chi connectivity index (χ3v) is 3.42. The number of nitrogens with one attached hydrogen (secondary N) is 1. The highest BCUT2D eigenvalue weighted by Crippen LogP contribution is 2.36. The number of rotatable bonds is 3. The van der Waals surface area contributed by atoms with Crippen LogP contribution in [0.5, 0.6) is 11.5 Å². The molecule has 5 heteroatoms. The number of hydrogen-bond donors (Lipinski definition) is 2. The van der Waals surface area contributed by atoms with Gasteiger partial charge < -0.3 is 15.2 Å².